The quantitative estimate of drug-likeness (QED) is 0.760. The van der Waals surface area contributed by atoms with Crippen LogP contribution in [0, 0.1) is 3.95 Å². The van der Waals surface area contributed by atoms with E-state index in [1.807, 2.05) is 24.3 Å². The van der Waals surface area contributed by atoms with Crippen LogP contribution in [0.3, 0.4) is 0 Å². The maximum absolute atomic E-state index is 9.64. The van der Waals surface area contributed by atoms with E-state index < -0.39 is 0 Å². The maximum Gasteiger partial charge on any atom is 0.207 e. The number of aromatic nitrogens is 1. The van der Waals surface area contributed by atoms with Gasteiger partial charge in [0.25, 0.3) is 0 Å². The molecule has 0 saturated carbocycles. The van der Waals surface area contributed by atoms with Crippen LogP contribution in [0.2, 0.25) is 0 Å². The number of nitrogens with zero attached hydrogens (tertiary/aromatic N) is 2. The zero-order valence-electron chi connectivity index (χ0n) is 8.54. The van der Waals surface area contributed by atoms with Gasteiger partial charge in [-0.05, 0) is 18.3 Å². The van der Waals surface area contributed by atoms with E-state index in [0.29, 0.717) is 8.83 Å². The summed E-state index contributed by atoms with van der Waals surface area (Å²) in [4.78, 5) is 3.39. The second-order valence-corrected chi connectivity index (χ2v) is 5.22. The number of rotatable bonds is 1. The standard InChI is InChI=1S/C11H7N3OS2/c15-10-8(17-11(16)13-10)4-6-2-1-3-7-5-12-14-9(6)7/h1-5,15H,(H,13,16)/b6-4+. The molecule has 0 atom stereocenters. The Labute approximate surface area is 105 Å². The molecule has 1 aliphatic heterocycles. The molecule has 2 aromatic rings. The molecule has 2 heterocycles. The van der Waals surface area contributed by atoms with Gasteiger partial charge in [0, 0.05) is 10.8 Å². The van der Waals surface area contributed by atoms with E-state index in [4.69, 9.17) is 12.2 Å². The summed E-state index contributed by atoms with van der Waals surface area (Å²) in [5, 5.41) is 19.3. The number of benzene rings is 1. The Morgan fingerprint density at radius 2 is 2.29 bits per heavy atom. The highest BCUT2D eigenvalue weighted by molar-refractivity contribution is 7.73. The predicted octanol–water partition coefficient (Wildman–Crippen LogP) is 1.31. The van der Waals surface area contributed by atoms with E-state index in [2.05, 4.69) is 15.2 Å². The van der Waals surface area contributed by atoms with E-state index in [-0.39, 0.29) is 5.88 Å². The van der Waals surface area contributed by atoms with Crippen LogP contribution in [-0.2, 0) is 0 Å². The van der Waals surface area contributed by atoms with E-state index in [1.54, 1.807) is 6.21 Å². The van der Waals surface area contributed by atoms with Gasteiger partial charge in [0.1, 0.15) is 5.36 Å². The average molecular weight is 261 g/mol. The first kappa shape index (κ1) is 10.4. The van der Waals surface area contributed by atoms with Gasteiger partial charge < -0.3 is 10.1 Å². The molecule has 1 aliphatic rings. The second kappa shape index (κ2) is 3.90. The molecular weight excluding hydrogens is 254 g/mol. The first-order valence-corrected chi connectivity index (χ1v) is 6.10. The van der Waals surface area contributed by atoms with Crippen molar-refractivity contribution in [3.05, 3.63) is 43.2 Å². The highest BCUT2D eigenvalue weighted by atomic mass is 32.1. The van der Waals surface area contributed by atoms with Crippen molar-refractivity contribution >= 4 is 35.8 Å². The maximum atomic E-state index is 9.64. The molecule has 1 aromatic heterocycles. The van der Waals surface area contributed by atoms with Crippen molar-refractivity contribution in [2.24, 2.45) is 10.2 Å². The van der Waals surface area contributed by atoms with Crippen LogP contribution in [0.25, 0.3) is 6.08 Å². The third-order valence-electron chi connectivity index (χ3n) is 2.40. The molecule has 0 saturated heterocycles. The first-order valence-electron chi connectivity index (χ1n) is 4.88. The van der Waals surface area contributed by atoms with Gasteiger partial charge in [0.15, 0.2) is 3.95 Å². The molecule has 17 heavy (non-hydrogen) atoms. The molecule has 0 fully saturated rings. The van der Waals surface area contributed by atoms with Gasteiger partial charge in [-0.25, -0.2) is 0 Å². The minimum absolute atomic E-state index is 0.0940. The Balaban J connectivity index is 2.28. The van der Waals surface area contributed by atoms with Crippen molar-refractivity contribution in [1.29, 1.82) is 0 Å². The summed E-state index contributed by atoms with van der Waals surface area (Å²) >= 11 is 6.30. The van der Waals surface area contributed by atoms with Gasteiger partial charge in [-0.2, -0.15) is 5.10 Å². The number of nitrogens with one attached hydrogen (secondary N) is 1. The molecule has 4 nitrogen and oxygen atoms in total. The average Bonchev–Trinajstić information content (AvgIpc) is 2.87. The summed E-state index contributed by atoms with van der Waals surface area (Å²) in [5.74, 6) is 0.0940. The number of H-pyrrole nitrogens is 1. The lowest BCUT2D eigenvalue weighted by molar-refractivity contribution is 0.456. The first-order chi connectivity index (χ1) is 8.24. The summed E-state index contributed by atoms with van der Waals surface area (Å²) in [6, 6.07) is 5.81. The molecule has 0 spiro atoms. The van der Waals surface area contributed by atoms with Crippen LogP contribution in [0.1, 0.15) is 10.4 Å². The number of aromatic amines is 1. The summed E-state index contributed by atoms with van der Waals surface area (Å²) in [6.07, 6.45) is 3.56. The molecule has 2 N–H and O–H groups in total. The summed E-state index contributed by atoms with van der Waals surface area (Å²) in [5.41, 5.74) is 0.984. The fourth-order valence-corrected chi connectivity index (χ4v) is 2.68. The van der Waals surface area contributed by atoms with E-state index in [1.165, 1.54) is 11.3 Å². The van der Waals surface area contributed by atoms with E-state index in [0.717, 1.165) is 16.1 Å². The molecule has 0 aliphatic carbocycles. The zero-order chi connectivity index (χ0) is 11.8. The molecule has 3 rings (SSSR count). The van der Waals surface area contributed by atoms with Crippen LogP contribution in [-0.4, -0.2) is 16.3 Å². The van der Waals surface area contributed by atoms with Gasteiger partial charge >= 0.3 is 0 Å². The number of aromatic hydroxyl groups is 1. The van der Waals surface area contributed by atoms with Crippen molar-refractivity contribution in [2.45, 2.75) is 0 Å². The van der Waals surface area contributed by atoms with Crippen molar-refractivity contribution < 1.29 is 5.11 Å². The lowest BCUT2D eigenvalue weighted by Crippen LogP contribution is -2.26. The molecule has 0 radical (unpaired) electrons. The largest absolute Gasteiger partial charge is 0.494 e. The van der Waals surface area contributed by atoms with Gasteiger partial charge in [0.2, 0.25) is 5.88 Å². The molecule has 6 heteroatoms. The SMILES string of the molecule is Oc1[nH]c(=S)sc1/C=c1\cccc2c1=NN=C2. The van der Waals surface area contributed by atoms with Crippen LogP contribution in [0.4, 0.5) is 0 Å². The number of thiazole rings is 1. The van der Waals surface area contributed by atoms with E-state index >= 15 is 0 Å². The van der Waals surface area contributed by atoms with Crippen LogP contribution in [0.5, 0.6) is 5.88 Å². The molecular formula is C11H7N3OS2. The lowest BCUT2D eigenvalue weighted by atomic mass is 10.2. The summed E-state index contributed by atoms with van der Waals surface area (Å²) in [7, 11) is 0. The third-order valence-corrected chi connectivity index (χ3v) is 3.57. The number of hydrogen-bond acceptors (Lipinski definition) is 5. The zero-order valence-corrected chi connectivity index (χ0v) is 10.2. The smallest absolute Gasteiger partial charge is 0.207 e. The fourth-order valence-electron chi connectivity index (χ4n) is 1.64. The van der Waals surface area contributed by atoms with Crippen molar-refractivity contribution in [2.75, 3.05) is 0 Å². The molecule has 0 bridgehead atoms. The minimum Gasteiger partial charge on any atom is -0.494 e. The molecule has 0 unspecified atom stereocenters. The Morgan fingerprint density at radius 3 is 3.06 bits per heavy atom. The minimum atomic E-state index is 0.0940. The van der Waals surface area contributed by atoms with Gasteiger partial charge in [-0.1, -0.05) is 18.2 Å². The Hall–Kier alpha value is -1.79. The normalized spacial score (nSPS) is 13.8. The summed E-state index contributed by atoms with van der Waals surface area (Å²) < 4.78 is 0.550. The van der Waals surface area contributed by atoms with Crippen molar-refractivity contribution in [3.63, 3.8) is 0 Å². The highest BCUT2D eigenvalue weighted by Gasteiger charge is 2.04. The van der Waals surface area contributed by atoms with Gasteiger partial charge in [-0.3, -0.25) is 0 Å². The molecule has 0 amide bonds. The molecule has 1 aromatic carbocycles. The topological polar surface area (TPSA) is 60.7 Å². The molecule has 84 valence electrons. The van der Waals surface area contributed by atoms with Gasteiger partial charge in [-0.15, -0.1) is 16.4 Å². The van der Waals surface area contributed by atoms with Gasteiger partial charge in [0.05, 0.1) is 11.1 Å². The number of fused-ring (bicyclic) bond motifs is 1. The lowest BCUT2D eigenvalue weighted by Gasteiger charge is -1.91. The second-order valence-electron chi connectivity index (χ2n) is 3.50. The Morgan fingerprint density at radius 1 is 1.41 bits per heavy atom. The van der Waals surface area contributed by atoms with Crippen LogP contribution >= 0.6 is 23.6 Å². The van der Waals surface area contributed by atoms with Crippen molar-refractivity contribution in [1.82, 2.24) is 4.98 Å². The summed E-state index contributed by atoms with van der Waals surface area (Å²) in [6.45, 7) is 0. The fraction of sp³-hybridized carbons (Fsp3) is 0. The van der Waals surface area contributed by atoms with Crippen LogP contribution < -0.4 is 10.6 Å². The van der Waals surface area contributed by atoms with E-state index in [9.17, 15) is 5.11 Å². The monoisotopic (exact) mass is 261 g/mol. The number of hydrogen-bond donors (Lipinski definition) is 2. The Bertz CT molecular complexity index is 786. The van der Waals surface area contributed by atoms with Crippen LogP contribution in [0.15, 0.2) is 28.4 Å². The third kappa shape index (κ3) is 1.81. The Kier molecular flexibility index (Phi) is 2.38. The predicted molar refractivity (Wildman–Crippen MR) is 69.6 cm³/mol. The van der Waals surface area contributed by atoms with Crippen molar-refractivity contribution in [3.8, 4) is 5.88 Å². The highest BCUT2D eigenvalue weighted by Crippen LogP contribution is 2.21.